The maximum absolute atomic E-state index is 11.6. The van der Waals surface area contributed by atoms with Crippen LogP contribution in [0, 0.1) is 0 Å². The number of hydrogen-bond acceptors (Lipinski definition) is 4. The van der Waals surface area contributed by atoms with Crippen LogP contribution in [0.3, 0.4) is 0 Å². The molecule has 0 saturated carbocycles. The molecule has 5 nitrogen and oxygen atoms in total. The molecule has 1 aromatic heterocycles. The maximum Gasteiger partial charge on any atom is 0.237 e. The van der Waals surface area contributed by atoms with Crippen LogP contribution in [0.25, 0.3) is 0 Å². The van der Waals surface area contributed by atoms with E-state index in [4.69, 9.17) is 9.52 Å². The number of aliphatic hydroxyl groups excluding tert-OH is 1. The van der Waals surface area contributed by atoms with E-state index in [-0.39, 0.29) is 18.6 Å². The molecule has 90 valence electrons. The molecule has 16 heavy (non-hydrogen) atoms. The lowest BCUT2D eigenvalue weighted by Gasteiger charge is -2.12. The van der Waals surface area contributed by atoms with Crippen LogP contribution in [0.1, 0.15) is 19.1 Å². The maximum atomic E-state index is 11.6. The van der Waals surface area contributed by atoms with Crippen molar-refractivity contribution in [1.82, 2.24) is 10.6 Å². The van der Waals surface area contributed by atoms with E-state index < -0.39 is 0 Å². The average molecular weight is 226 g/mol. The van der Waals surface area contributed by atoms with Crippen molar-refractivity contribution < 1.29 is 14.3 Å². The van der Waals surface area contributed by atoms with E-state index in [1.54, 1.807) is 19.3 Å². The fourth-order valence-electron chi connectivity index (χ4n) is 1.23. The Hall–Kier alpha value is -1.33. The molecule has 3 N–H and O–H groups in total. The fourth-order valence-corrected chi connectivity index (χ4v) is 1.23. The van der Waals surface area contributed by atoms with Crippen molar-refractivity contribution in [1.29, 1.82) is 0 Å². The van der Waals surface area contributed by atoms with E-state index >= 15 is 0 Å². The van der Waals surface area contributed by atoms with Crippen molar-refractivity contribution in [2.24, 2.45) is 0 Å². The quantitative estimate of drug-likeness (QED) is 0.583. The number of hydrogen-bond donors (Lipinski definition) is 3. The van der Waals surface area contributed by atoms with Gasteiger partial charge in [-0.3, -0.25) is 4.79 Å². The molecule has 5 heteroatoms. The first-order chi connectivity index (χ1) is 7.74. The minimum absolute atomic E-state index is 0.0747. The molecule has 0 fully saturated rings. The van der Waals surface area contributed by atoms with Crippen molar-refractivity contribution in [3.05, 3.63) is 24.2 Å². The summed E-state index contributed by atoms with van der Waals surface area (Å²) >= 11 is 0. The first kappa shape index (κ1) is 12.7. The Balaban J connectivity index is 2.18. The van der Waals surface area contributed by atoms with Crippen LogP contribution in [0.2, 0.25) is 0 Å². The zero-order chi connectivity index (χ0) is 11.8. The van der Waals surface area contributed by atoms with Gasteiger partial charge in [-0.25, -0.2) is 0 Å². The minimum atomic E-state index is -0.262. The smallest absolute Gasteiger partial charge is 0.237 e. The van der Waals surface area contributed by atoms with Gasteiger partial charge in [-0.05, 0) is 32.0 Å². The zero-order valence-corrected chi connectivity index (χ0v) is 9.40. The first-order valence-corrected chi connectivity index (χ1v) is 5.38. The number of amides is 1. The van der Waals surface area contributed by atoms with E-state index in [9.17, 15) is 4.79 Å². The molecule has 0 aromatic carbocycles. The number of aliphatic hydroxyl groups is 1. The van der Waals surface area contributed by atoms with Crippen LogP contribution in [0.4, 0.5) is 0 Å². The zero-order valence-electron chi connectivity index (χ0n) is 9.40. The van der Waals surface area contributed by atoms with Gasteiger partial charge in [-0.15, -0.1) is 0 Å². The number of carbonyl (C=O) groups is 1. The molecule has 1 aromatic rings. The molecular formula is C11H18N2O3. The summed E-state index contributed by atoms with van der Waals surface area (Å²) in [5.74, 6) is 0.658. The third-order valence-corrected chi connectivity index (χ3v) is 2.20. The van der Waals surface area contributed by atoms with Crippen LogP contribution < -0.4 is 10.6 Å². The number of rotatable bonds is 7. The molecule has 1 rings (SSSR count). The lowest BCUT2D eigenvalue weighted by atomic mass is 10.3. The summed E-state index contributed by atoms with van der Waals surface area (Å²) in [4.78, 5) is 11.6. The Labute approximate surface area is 94.8 Å². The number of carbonyl (C=O) groups excluding carboxylic acids is 1. The molecule has 0 aliphatic rings. The summed E-state index contributed by atoms with van der Waals surface area (Å²) < 4.78 is 5.09. The predicted molar refractivity (Wildman–Crippen MR) is 59.7 cm³/mol. The molecule has 0 saturated heterocycles. The minimum Gasteiger partial charge on any atom is -0.467 e. The lowest BCUT2D eigenvalue weighted by molar-refractivity contribution is -0.123. The summed E-state index contributed by atoms with van der Waals surface area (Å²) in [6, 6.07) is 3.33. The summed E-state index contributed by atoms with van der Waals surface area (Å²) in [6.07, 6.45) is 2.22. The predicted octanol–water partition coefficient (Wildman–Crippen LogP) is 0.256. The highest BCUT2D eigenvalue weighted by atomic mass is 16.3. The third-order valence-electron chi connectivity index (χ3n) is 2.20. The van der Waals surface area contributed by atoms with Crippen molar-refractivity contribution in [2.75, 3.05) is 13.2 Å². The SMILES string of the molecule is CC(NCCCO)C(=O)NCc1ccco1. The van der Waals surface area contributed by atoms with Gasteiger partial charge in [0.2, 0.25) is 5.91 Å². The van der Waals surface area contributed by atoms with E-state index in [0.717, 1.165) is 5.76 Å². The lowest BCUT2D eigenvalue weighted by Crippen LogP contribution is -2.42. The molecule has 0 bridgehead atoms. The van der Waals surface area contributed by atoms with Crippen molar-refractivity contribution >= 4 is 5.91 Å². The molecule has 0 spiro atoms. The van der Waals surface area contributed by atoms with Crippen molar-refractivity contribution in [2.45, 2.75) is 25.9 Å². The summed E-state index contributed by atoms with van der Waals surface area (Å²) in [6.45, 7) is 2.95. The van der Waals surface area contributed by atoms with Crippen LogP contribution in [0.5, 0.6) is 0 Å². The van der Waals surface area contributed by atoms with E-state index in [1.165, 1.54) is 0 Å². The van der Waals surface area contributed by atoms with Crippen molar-refractivity contribution in [3.63, 3.8) is 0 Å². The molecular weight excluding hydrogens is 208 g/mol. The molecule has 1 atom stereocenters. The molecule has 0 aliphatic heterocycles. The highest BCUT2D eigenvalue weighted by Crippen LogP contribution is 1.98. The van der Waals surface area contributed by atoms with Crippen molar-refractivity contribution in [3.8, 4) is 0 Å². The van der Waals surface area contributed by atoms with Crippen LogP contribution in [0.15, 0.2) is 22.8 Å². The second-order valence-corrected chi connectivity index (χ2v) is 3.55. The van der Waals surface area contributed by atoms with Gasteiger partial charge in [-0.1, -0.05) is 0 Å². The number of furan rings is 1. The monoisotopic (exact) mass is 226 g/mol. The molecule has 1 amide bonds. The van der Waals surface area contributed by atoms with Crippen LogP contribution in [-0.2, 0) is 11.3 Å². The topological polar surface area (TPSA) is 74.5 Å². The van der Waals surface area contributed by atoms with Gasteiger partial charge < -0.3 is 20.2 Å². The Morgan fingerprint density at radius 2 is 2.44 bits per heavy atom. The first-order valence-electron chi connectivity index (χ1n) is 5.38. The van der Waals surface area contributed by atoms with Crippen LogP contribution in [-0.4, -0.2) is 30.2 Å². The molecule has 0 radical (unpaired) electrons. The normalized spacial score (nSPS) is 12.4. The molecule has 1 heterocycles. The Bertz CT molecular complexity index is 298. The average Bonchev–Trinajstić information content (AvgIpc) is 2.79. The van der Waals surface area contributed by atoms with E-state index in [0.29, 0.717) is 19.5 Å². The summed E-state index contributed by atoms with van der Waals surface area (Å²) in [5, 5.41) is 14.4. The fraction of sp³-hybridized carbons (Fsp3) is 0.545. The second kappa shape index (κ2) is 7.03. The molecule has 1 unspecified atom stereocenters. The molecule has 0 aliphatic carbocycles. The Morgan fingerprint density at radius 1 is 1.62 bits per heavy atom. The number of nitrogens with one attached hydrogen (secondary N) is 2. The van der Waals surface area contributed by atoms with Gasteiger partial charge >= 0.3 is 0 Å². The highest BCUT2D eigenvalue weighted by Gasteiger charge is 2.11. The summed E-state index contributed by atoms with van der Waals surface area (Å²) in [5.41, 5.74) is 0. The van der Waals surface area contributed by atoms with Gasteiger partial charge in [-0.2, -0.15) is 0 Å². The van der Waals surface area contributed by atoms with Gasteiger partial charge in [0.05, 0.1) is 18.8 Å². The van der Waals surface area contributed by atoms with Crippen LogP contribution >= 0.6 is 0 Å². The van der Waals surface area contributed by atoms with E-state index in [2.05, 4.69) is 10.6 Å². The van der Waals surface area contributed by atoms with E-state index in [1.807, 2.05) is 6.07 Å². The Kier molecular flexibility index (Phi) is 5.60. The third kappa shape index (κ3) is 4.46. The van der Waals surface area contributed by atoms with Gasteiger partial charge in [0.25, 0.3) is 0 Å². The highest BCUT2D eigenvalue weighted by molar-refractivity contribution is 5.81. The van der Waals surface area contributed by atoms with Gasteiger partial charge in [0.1, 0.15) is 5.76 Å². The van der Waals surface area contributed by atoms with Gasteiger partial charge in [0, 0.05) is 6.61 Å². The second-order valence-electron chi connectivity index (χ2n) is 3.55. The summed E-state index contributed by atoms with van der Waals surface area (Å²) in [7, 11) is 0. The largest absolute Gasteiger partial charge is 0.467 e. The Morgan fingerprint density at radius 3 is 3.06 bits per heavy atom. The van der Waals surface area contributed by atoms with Gasteiger partial charge in [0.15, 0.2) is 0 Å². The standard InChI is InChI=1S/C11H18N2O3/c1-9(12-5-3-6-14)11(15)13-8-10-4-2-7-16-10/h2,4,7,9,12,14H,3,5-6,8H2,1H3,(H,13,15).